The molecule has 0 amide bonds. The standard InChI is InChI=1S/C23H24N2O4S/c1-15-11-16(2)13-18(12-15)9-10-29-22(26)21-20(19-8-6-5-7-17(19)3)14-24-23(25-21)30(4,27)28/h5-8,11-14H,9-10H2,1-4H3. The van der Waals surface area contributed by atoms with Crippen LogP contribution < -0.4 is 0 Å². The number of esters is 1. The first-order chi connectivity index (χ1) is 14.1. The van der Waals surface area contributed by atoms with Crippen LogP contribution in [-0.4, -0.2) is 37.2 Å². The van der Waals surface area contributed by atoms with E-state index >= 15 is 0 Å². The summed E-state index contributed by atoms with van der Waals surface area (Å²) in [6.07, 6.45) is 2.93. The molecule has 3 rings (SSSR count). The SMILES string of the molecule is Cc1cc(C)cc(CCOC(=O)c2nc(S(C)(=O)=O)ncc2-c2ccccc2C)c1. The molecule has 0 spiro atoms. The minimum atomic E-state index is -3.67. The average molecular weight is 425 g/mol. The van der Waals surface area contributed by atoms with Crippen molar-refractivity contribution >= 4 is 15.8 Å². The lowest BCUT2D eigenvalue weighted by molar-refractivity contribution is 0.0502. The Bertz CT molecular complexity index is 1180. The van der Waals surface area contributed by atoms with E-state index in [1.807, 2.05) is 57.2 Å². The van der Waals surface area contributed by atoms with Gasteiger partial charge in [0.15, 0.2) is 5.69 Å². The number of sulfone groups is 1. The Morgan fingerprint density at radius 3 is 2.30 bits per heavy atom. The van der Waals surface area contributed by atoms with Gasteiger partial charge in [-0.25, -0.2) is 23.2 Å². The lowest BCUT2D eigenvalue weighted by Crippen LogP contribution is -2.15. The molecule has 0 radical (unpaired) electrons. The van der Waals surface area contributed by atoms with E-state index < -0.39 is 21.0 Å². The highest BCUT2D eigenvalue weighted by Gasteiger charge is 2.22. The molecule has 7 heteroatoms. The number of rotatable bonds is 6. The molecule has 0 N–H and O–H groups in total. The number of nitrogens with zero attached hydrogens (tertiary/aromatic N) is 2. The Morgan fingerprint density at radius 2 is 1.67 bits per heavy atom. The molecule has 3 aromatic rings. The summed E-state index contributed by atoms with van der Waals surface area (Å²) in [7, 11) is -3.67. The summed E-state index contributed by atoms with van der Waals surface area (Å²) in [4.78, 5) is 20.8. The van der Waals surface area contributed by atoms with Crippen LogP contribution in [0.25, 0.3) is 11.1 Å². The van der Waals surface area contributed by atoms with Crippen molar-refractivity contribution in [3.63, 3.8) is 0 Å². The second kappa shape index (κ2) is 8.75. The third-order valence-electron chi connectivity index (χ3n) is 4.63. The Kier molecular flexibility index (Phi) is 6.31. The maximum atomic E-state index is 12.8. The molecular formula is C23H24N2O4S. The van der Waals surface area contributed by atoms with Crippen LogP contribution in [0.5, 0.6) is 0 Å². The largest absolute Gasteiger partial charge is 0.461 e. The zero-order chi connectivity index (χ0) is 21.9. The van der Waals surface area contributed by atoms with Crippen LogP contribution in [0.1, 0.15) is 32.7 Å². The first-order valence-corrected chi connectivity index (χ1v) is 11.4. The van der Waals surface area contributed by atoms with Gasteiger partial charge in [-0.2, -0.15) is 0 Å². The van der Waals surface area contributed by atoms with Crippen molar-refractivity contribution in [1.82, 2.24) is 9.97 Å². The summed E-state index contributed by atoms with van der Waals surface area (Å²) in [6.45, 7) is 6.09. The molecule has 2 aromatic carbocycles. The fourth-order valence-electron chi connectivity index (χ4n) is 3.32. The fraction of sp³-hybridized carbons (Fsp3) is 0.261. The molecular weight excluding hydrogens is 400 g/mol. The van der Waals surface area contributed by atoms with E-state index in [1.165, 1.54) is 6.20 Å². The monoisotopic (exact) mass is 424 g/mol. The van der Waals surface area contributed by atoms with Crippen LogP contribution in [-0.2, 0) is 21.0 Å². The zero-order valence-electron chi connectivity index (χ0n) is 17.5. The molecule has 0 unspecified atom stereocenters. The summed E-state index contributed by atoms with van der Waals surface area (Å²) in [6, 6.07) is 13.6. The van der Waals surface area contributed by atoms with Crippen LogP contribution in [0.4, 0.5) is 0 Å². The normalized spacial score (nSPS) is 11.3. The van der Waals surface area contributed by atoms with Crippen molar-refractivity contribution < 1.29 is 17.9 Å². The minimum Gasteiger partial charge on any atom is -0.461 e. The average Bonchev–Trinajstić information content (AvgIpc) is 2.66. The van der Waals surface area contributed by atoms with Crippen molar-refractivity contribution in [2.45, 2.75) is 32.3 Å². The molecule has 0 bridgehead atoms. The van der Waals surface area contributed by atoms with Gasteiger partial charge in [-0.05, 0) is 37.5 Å². The number of carbonyl (C=O) groups is 1. The van der Waals surface area contributed by atoms with Gasteiger partial charge in [-0.15, -0.1) is 0 Å². The number of aryl methyl sites for hydroxylation is 3. The minimum absolute atomic E-state index is 0.0554. The van der Waals surface area contributed by atoms with Crippen LogP contribution in [0.2, 0.25) is 0 Å². The van der Waals surface area contributed by atoms with Gasteiger partial charge < -0.3 is 4.74 Å². The zero-order valence-corrected chi connectivity index (χ0v) is 18.3. The van der Waals surface area contributed by atoms with Crippen molar-refractivity contribution in [2.75, 3.05) is 12.9 Å². The molecule has 0 saturated heterocycles. The number of aromatic nitrogens is 2. The Labute approximate surface area is 176 Å². The van der Waals surface area contributed by atoms with Gasteiger partial charge in [0.25, 0.3) is 0 Å². The molecule has 1 aromatic heterocycles. The van der Waals surface area contributed by atoms with Gasteiger partial charge in [0.1, 0.15) is 0 Å². The van der Waals surface area contributed by atoms with E-state index in [9.17, 15) is 13.2 Å². The highest BCUT2D eigenvalue weighted by atomic mass is 32.2. The van der Waals surface area contributed by atoms with E-state index in [0.717, 1.165) is 34.1 Å². The van der Waals surface area contributed by atoms with E-state index in [1.54, 1.807) is 0 Å². The van der Waals surface area contributed by atoms with Gasteiger partial charge in [-0.3, -0.25) is 0 Å². The highest BCUT2D eigenvalue weighted by molar-refractivity contribution is 7.90. The highest BCUT2D eigenvalue weighted by Crippen LogP contribution is 2.26. The van der Waals surface area contributed by atoms with Gasteiger partial charge in [0.2, 0.25) is 15.0 Å². The number of ether oxygens (including phenoxy) is 1. The van der Waals surface area contributed by atoms with Crippen LogP contribution in [0, 0.1) is 20.8 Å². The first kappa shape index (κ1) is 21.6. The molecule has 1 heterocycles. The van der Waals surface area contributed by atoms with Crippen molar-refractivity contribution in [1.29, 1.82) is 0 Å². The maximum Gasteiger partial charge on any atom is 0.357 e. The quantitative estimate of drug-likeness (QED) is 0.441. The maximum absolute atomic E-state index is 12.8. The van der Waals surface area contributed by atoms with Gasteiger partial charge in [0.05, 0.1) is 6.61 Å². The molecule has 0 atom stereocenters. The molecule has 0 fully saturated rings. The Balaban J connectivity index is 1.90. The second-order valence-corrected chi connectivity index (χ2v) is 9.29. The summed E-state index contributed by atoms with van der Waals surface area (Å²) in [5.74, 6) is -0.676. The predicted octanol–water partition coefficient (Wildman–Crippen LogP) is 3.87. The van der Waals surface area contributed by atoms with E-state index in [4.69, 9.17) is 4.74 Å². The van der Waals surface area contributed by atoms with Gasteiger partial charge >= 0.3 is 5.97 Å². The third kappa shape index (κ3) is 5.10. The topological polar surface area (TPSA) is 86.2 Å². The lowest BCUT2D eigenvalue weighted by Gasteiger charge is -2.12. The summed E-state index contributed by atoms with van der Waals surface area (Å²) in [5, 5.41) is -0.402. The molecule has 0 saturated carbocycles. The Morgan fingerprint density at radius 1 is 1.00 bits per heavy atom. The number of benzene rings is 2. The third-order valence-corrected chi connectivity index (χ3v) is 5.49. The number of hydrogen-bond acceptors (Lipinski definition) is 6. The summed E-state index contributed by atoms with van der Waals surface area (Å²) in [5.41, 5.74) is 5.41. The van der Waals surface area contributed by atoms with Gasteiger partial charge in [-0.1, -0.05) is 53.6 Å². The van der Waals surface area contributed by atoms with Crippen LogP contribution in [0.15, 0.2) is 53.8 Å². The number of hydrogen-bond donors (Lipinski definition) is 0. The van der Waals surface area contributed by atoms with Crippen LogP contribution in [0.3, 0.4) is 0 Å². The molecule has 0 aliphatic carbocycles. The van der Waals surface area contributed by atoms with Crippen LogP contribution >= 0.6 is 0 Å². The molecule has 30 heavy (non-hydrogen) atoms. The van der Waals surface area contributed by atoms with Crippen molar-refractivity contribution in [2.24, 2.45) is 0 Å². The van der Waals surface area contributed by atoms with Gasteiger partial charge in [0, 0.05) is 24.4 Å². The first-order valence-electron chi connectivity index (χ1n) is 9.52. The molecule has 0 aliphatic rings. The lowest BCUT2D eigenvalue weighted by atomic mass is 10.0. The van der Waals surface area contributed by atoms with Crippen molar-refractivity contribution in [3.8, 4) is 11.1 Å². The van der Waals surface area contributed by atoms with E-state index in [2.05, 4.69) is 16.0 Å². The molecule has 156 valence electrons. The second-order valence-electron chi connectivity index (χ2n) is 7.38. The molecule has 0 aliphatic heterocycles. The van der Waals surface area contributed by atoms with Crippen molar-refractivity contribution in [3.05, 3.63) is 76.6 Å². The van der Waals surface area contributed by atoms with E-state index in [0.29, 0.717) is 12.0 Å². The predicted molar refractivity (Wildman–Crippen MR) is 115 cm³/mol. The Hall–Kier alpha value is -3.06. The summed E-state index contributed by atoms with van der Waals surface area (Å²) >= 11 is 0. The fourth-order valence-corrected chi connectivity index (χ4v) is 3.82. The van der Waals surface area contributed by atoms with E-state index in [-0.39, 0.29) is 12.3 Å². The summed E-state index contributed by atoms with van der Waals surface area (Å²) < 4.78 is 29.3. The smallest absolute Gasteiger partial charge is 0.357 e. The number of carbonyl (C=O) groups excluding carboxylic acids is 1. The molecule has 6 nitrogen and oxygen atoms in total.